The van der Waals surface area contributed by atoms with Gasteiger partial charge >= 0.3 is 5.97 Å². The number of nitrogens with zero attached hydrogens (tertiary/aromatic N) is 2. The minimum atomic E-state index is -1.15. The van der Waals surface area contributed by atoms with E-state index in [0.717, 1.165) is 5.56 Å². The normalized spacial score (nSPS) is 9.95. The molecule has 0 amide bonds. The van der Waals surface area contributed by atoms with E-state index in [1.54, 1.807) is 31.2 Å². The topological polar surface area (TPSA) is 72.3 Å². The molecule has 0 aliphatic rings. The van der Waals surface area contributed by atoms with Crippen LogP contribution in [0.25, 0.3) is 6.08 Å². The summed E-state index contributed by atoms with van der Waals surface area (Å²) in [6, 6.07) is 7.13. The maximum absolute atomic E-state index is 11.1. The molecule has 2 aromatic rings. The van der Waals surface area contributed by atoms with Gasteiger partial charge in [-0.1, -0.05) is 24.8 Å². The van der Waals surface area contributed by atoms with Crippen molar-refractivity contribution in [3.05, 3.63) is 54.1 Å². The molecule has 0 spiro atoms. The van der Waals surface area contributed by atoms with Crippen LogP contribution in [0.2, 0.25) is 0 Å². The number of rotatable bonds is 4. The van der Waals surface area contributed by atoms with Gasteiger partial charge in [-0.05, 0) is 24.6 Å². The molecule has 0 radical (unpaired) electrons. The number of carboxylic acid groups (broad SMARTS) is 1. The Labute approximate surface area is 110 Å². The summed E-state index contributed by atoms with van der Waals surface area (Å²) in [5.41, 5.74) is 0.721. The second kappa shape index (κ2) is 5.30. The number of ether oxygens (including phenoxy) is 1. The molecule has 1 N–H and O–H groups in total. The molecule has 0 aliphatic carbocycles. The summed E-state index contributed by atoms with van der Waals surface area (Å²) in [7, 11) is 0. The van der Waals surface area contributed by atoms with Gasteiger partial charge in [0, 0.05) is 0 Å². The summed E-state index contributed by atoms with van der Waals surface area (Å²) in [6.07, 6.45) is 3.03. The summed E-state index contributed by atoms with van der Waals surface area (Å²) < 4.78 is 5.51. The number of carbonyl (C=O) groups is 1. The van der Waals surface area contributed by atoms with Gasteiger partial charge in [0.15, 0.2) is 11.4 Å². The lowest BCUT2D eigenvalue weighted by Crippen LogP contribution is -2.06. The molecule has 1 aromatic heterocycles. The zero-order chi connectivity index (χ0) is 13.8. The van der Waals surface area contributed by atoms with Gasteiger partial charge < -0.3 is 9.84 Å². The van der Waals surface area contributed by atoms with Crippen molar-refractivity contribution in [1.29, 1.82) is 0 Å². The van der Waals surface area contributed by atoms with Crippen LogP contribution in [-0.2, 0) is 0 Å². The molecule has 96 valence electrons. The third kappa shape index (κ3) is 2.95. The second-order valence-electron chi connectivity index (χ2n) is 3.81. The van der Waals surface area contributed by atoms with Crippen molar-refractivity contribution < 1.29 is 14.6 Å². The first kappa shape index (κ1) is 12.8. The number of carboxylic acids is 1. The highest BCUT2D eigenvalue weighted by Crippen LogP contribution is 2.24. The molecule has 5 nitrogen and oxygen atoms in total. The Morgan fingerprint density at radius 2 is 2.26 bits per heavy atom. The lowest BCUT2D eigenvalue weighted by molar-refractivity contribution is 0.0687. The molecule has 19 heavy (non-hydrogen) atoms. The summed E-state index contributed by atoms with van der Waals surface area (Å²) in [4.78, 5) is 18.9. The van der Waals surface area contributed by atoms with E-state index in [2.05, 4.69) is 16.5 Å². The van der Waals surface area contributed by atoms with Gasteiger partial charge in [-0.2, -0.15) is 0 Å². The highest BCUT2D eigenvalue weighted by molar-refractivity contribution is 5.88. The van der Waals surface area contributed by atoms with Crippen LogP contribution >= 0.6 is 0 Å². The monoisotopic (exact) mass is 256 g/mol. The van der Waals surface area contributed by atoms with Crippen LogP contribution in [0.1, 0.15) is 21.9 Å². The fourth-order valence-electron chi connectivity index (χ4n) is 1.52. The van der Waals surface area contributed by atoms with E-state index in [4.69, 9.17) is 9.84 Å². The third-order valence-electron chi connectivity index (χ3n) is 2.40. The van der Waals surface area contributed by atoms with E-state index in [1.165, 1.54) is 6.20 Å². The fourth-order valence-corrected chi connectivity index (χ4v) is 1.52. The number of hydrogen-bond acceptors (Lipinski definition) is 4. The highest BCUT2D eigenvalue weighted by atomic mass is 16.5. The van der Waals surface area contributed by atoms with Crippen molar-refractivity contribution >= 4 is 12.0 Å². The molecule has 1 aromatic carbocycles. The predicted octanol–water partition coefficient (Wildman–Crippen LogP) is 2.92. The number of aryl methyl sites for hydroxylation is 1. The Morgan fingerprint density at radius 3 is 2.95 bits per heavy atom. The van der Waals surface area contributed by atoms with Gasteiger partial charge in [-0.25, -0.2) is 14.8 Å². The largest absolute Gasteiger partial charge is 0.476 e. The van der Waals surface area contributed by atoms with Gasteiger partial charge in [0.1, 0.15) is 11.6 Å². The Kier molecular flexibility index (Phi) is 3.56. The molecule has 1 heterocycles. The van der Waals surface area contributed by atoms with Crippen molar-refractivity contribution in [2.45, 2.75) is 6.92 Å². The quantitative estimate of drug-likeness (QED) is 0.910. The smallest absolute Gasteiger partial charge is 0.358 e. The SMILES string of the molecule is C=Cc1cccc(Oc2cnc(C)nc2C(=O)O)c1. The fraction of sp³-hybridized carbons (Fsp3) is 0.0714. The molecular weight excluding hydrogens is 244 g/mol. The van der Waals surface area contributed by atoms with Crippen LogP contribution in [-0.4, -0.2) is 21.0 Å². The second-order valence-corrected chi connectivity index (χ2v) is 3.81. The summed E-state index contributed by atoms with van der Waals surface area (Å²) in [6.45, 7) is 5.28. The van der Waals surface area contributed by atoms with Crippen LogP contribution in [0.3, 0.4) is 0 Å². The maximum atomic E-state index is 11.1. The summed E-state index contributed by atoms with van der Waals surface area (Å²) >= 11 is 0. The van der Waals surface area contributed by atoms with Gasteiger partial charge in [0.05, 0.1) is 6.20 Å². The van der Waals surface area contributed by atoms with Gasteiger partial charge in [-0.15, -0.1) is 0 Å². The van der Waals surface area contributed by atoms with Crippen LogP contribution in [0.4, 0.5) is 0 Å². The van der Waals surface area contributed by atoms with Crippen molar-refractivity contribution in [3.8, 4) is 11.5 Å². The molecule has 0 bridgehead atoms. The van der Waals surface area contributed by atoms with Gasteiger partial charge in [0.25, 0.3) is 0 Å². The van der Waals surface area contributed by atoms with E-state index in [1.807, 2.05) is 6.07 Å². The number of aromatic carboxylic acids is 1. The van der Waals surface area contributed by atoms with E-state index in [-0.39, 0.29) is 11.4 Å². The zero-order valence-corrected chi connectivity index (χ0v) is 10.3. The molecule has 0 saturated heterocycles. The Bertz CT molecular complexity index is 638. The number of aromatic nitrogens is 2. The molecule has 5 heteroatoms. The van der Waals surface area contributed by atoms with Crippen molar-refractivity contribution in [2.75, 3.05) is 0 Å². The molecule has 0 unspecified atom stereocenters. The van der Waals surface area contributed by atoms with Crippen LogP contribution in [0.5, 0.6) is 11.5 Å². The summed E-state index contributed by atoms with van der Waals surface area (Å²) in [5, 5.41) is 9.08. The van der Waals surface area contributed by atoms with Gasteiger partial charge in [-0.3, -0.25) is 0 Å². The number of benzene rings is 1. The van der Waals surface area contributed by atoms with E-state index in [0.29, 0.717) is 11.6 Å². The van der Waals surface area contributed by atoms with Crippen LogP contribution in [0, 0.1) is 6.92 Å². The van der Waals surface area contributed by atoms with Crippen molar-refractivity contribution in [3.63, 3.8) is 0 Å². The Hall–Kier alpha value is -2.69. The molecule has 0 aliphatic heterocycles. The Morgan fingerprint density at radius 1 is 1.47 bits per heavy atom. The molecule has 0 atom stereocenters. The predicted molar refractivity (Wildman–Crippen MR) is 70.3 cm³/mol. The Balaban J connectivity index is 2.37. The third-order valence-corrected chi connectivity index (χ3v) is 2.40. The zero-order valence-electron chi connectivity index (χ0n) is 10.3. The summed E-state index contributed by atoms with van der Waals surface area (Å²) in [5.74, 6) is -0.156. The van der Waals surface area contributed by atoms with E-state index in [9.17, 15) is 4.79 Å². The van der Waals surface area contributed by atoms with Gasteiger partial charge in [0.2, 0.25) is 0 Å². The lowest BCUT2D eigenvalue weighted by atomic mass is 10.2. The molecule has 2 rings (SSSR count). The molecule has 0 fully saturated rings. The van der Waals surface area contributed by atoms with E-state index < -0.39 is 5.97 Å². The highest BCUT2D eigenvalue weighted by Gasteiger charge is 2.15. The first-order valence-electron chi connectivity index (χ1n) is 5.57. The first-order chi connectivity index (χ1) is 9.10. The minimum Gasteiger partial charge on any atom is -0.476 e. The van der Waals surface area contributed by atoms with Crippen molar-refractivity contribution in [1.82, 2.24) is 9.97 Å². The lowest BCUT2D eigenvalue weighted by Gasteiger charge is -2.08. The van der Waals surface area contributed by atoms with Crippen molar-refractivity contribution in [2.24, 2.45) is 0 Å². The first-order valence-corrected chi connectivity index (χ1v) is 5.57. The average molecular weight is 256 g/mol. The minimum absolute atomic E-state index is 0.110. The van der Waals surface area contributed by atoms with Crippen LogP contribution in [0.15, 0.2) is 37.0 Å². The van der Waals surface area contributed by atoms with E-state index >= 15 is 0 Å². The average Bonchev–Trinajstić information content (AvgIpc) is 2.41. The maximum Gasteiger partial charge on any atom is 0.358 e. The molecule has 0 saturated carbocycles. The molecular formula is C14H12N2O3. The van der Waals surface area contributed by atoms with Crippen LogP contribution < -0.4 is 4.74 Å². The number of hydrogen-bond donors (Lipinski definition) is 1. The standard InChI is InChI=1S/C14H12N2O3/c1-3-10-5-4-6-11(7-10)19-12-8-15-9(2)16-13(12)14(17)18/h3-8H,1H2,2H3,(H,17,18).